The quantitative estimate of drug-likeness (QED) is 0.486. The molecule has 10 heteroatoms. The minimum absolute atomic E-state index is 0.0494. The monoisotopic (exact) mass is 378 g/mol. The first kappa shape index (κ1) is 19.1. The van der Waals surface area contributed by atoms with E-state index < -0.39 is 29.6 Å². The third-order valence-corrected chi connectivity index (χ3v) is 4.27. The number of benzene rings is 1. The van der Waals surface area contributed by atoms with Gasteiger partial charge in [0.25, 0.3) is 0 Å². The van der Waals surface area contributed by atoms with Crippen LogP contribution in [-0.4, -0.2) is 39.4 Å². The van der Waals surface area contributed by atoms with Gasteiger partial charge in [0.05, 0.1) is 12.4 Å². The molecule has 0 unspecified atom stereocenters. The fraction of sp³-hybridized carbons (Fsp3) is 0.333. The Morgan fingerprint density at radius 2 is 2.04 bits per heavy atom. The summed E-state index contributed by atoms with van der Waals surface area (Å²) in [7, 11) is 0. The second-order valence-corrected chi connectivity index (χ2v) is 6.01. The topological polar surface area (TPSA) is 64.3 Å². The van der Waals surface area contributed by atoms with Crippen LogP contribution < -0.4 is 0 Å². The van der Waals surface area contributed by atoms with Crippen LogP contribution in [0.2, 0.25) is 0 Å². The number of esters is 1. The molecule has 0 spiro atoms. The van der Waals surface area contributed by atoms with Gasteiger partial charge in [0.2, 0.25) is 5.88 Å². The second kappa shape index (κ2) is 7.34. The van der Waals surface area contributed by atoms with Gasteiger partial charge in [0.1, 0.15) is 11.5 Å². The number of thioether (sulfide) groups is 1. The van der Waals surface area contributed by atoms with Crippen LogP contribution in [0.15, 0.2) is 23.1 Å². The molecule has 0 bridgehead atoms. The minimum Gasteiger partial charge on any atom is -0.492 e. The number of halogens is 4. The van der Waals surface area contributed by atoms with Crippen molar-refractivity contribution in [1.29, 1.82) is 0 Å². The van der Waals surface area contributed by atoms with Gasteiger partial charge < -0.3 is 9.84 Å². The van der Waals surface area contributed by atoms with Crippen LogP contribution in [0.25, 0.3) is 5.69 Å². The van der Waals surface area contributed by atoms with E-state index in [1.165, 1.54) is 6.92 Å². The highest BCUT2D eigenvalue weighted by Gasteiger charge is 2.28. The molecule has 136 valence electrons. The Morgan fingerprint density at radius 3 is 2.64 bits per heavy atom. The summed E-state index contributed by atoms with van der Waals surface area (Å²) in [4.78, 5) is 12.1. The predicted molar refractivity (Wildman–Crippen MR) is 82.7 cm³/mol. The number of carbonyl (C=O) groups is 1. The van der Waals surface area contributed by atoms with E-state index in [1.54, 1.807) is 6.92 Å². The maximum Gasteiger partial charge on any atom is 0.398 e. The molecule has 0 aliphatic rings. The van der Waals surface area contributed by atoms with E-state index >= 15 is 0 Å². The molecule has 0 aliphatic heterocycles. The highest BCUT2D eigenvalue weighted by Crippen LogP contribution is 2.32. The van der Waals surface area contributed by atoms with Crippen LogP contribution >= 0.6 is 11.8 Å². The van der Waals surface area contributed by atoms with E-state index in [0.29, 0.717) is 17.3 Å². The van der Waals surface area contributed by atoms with Crippen LogP contribution in [0, 0.1) is 12.7 Å². The molecule has 0 amide bonds. The fourth-order valence-corrected chi connectivity index (χ4v) is 2.82. The highest BCUT2D eigenvalue weighted by molar-refractivity contribution is 7.99. The summed E-state index contributed by atoms with van der Waals surface area (Å²) >= 11 is 0.491. The van der Waals surface area contributed by atoms with E-state index in [9.17, 15) is 27.5 Å². The van der Waals surface area contributed by atoms with Crippen molar-refractivity contribution in [2.75, 3.05) is 12.4 Å². The molecule has 0 fully saturated rings. The molecule has 25 heavy (non-hydrogen) atoms. The van der Waals surface area contributed by atoms with Crippen molar-refractivity contribution in [3.05, 3.63) is 35.3 Å². The lowest BCUT2D eigenvalue weighted by Crippen LogP contribution is -2.14. The van der Waals surface area contributed by atoms with Crippen molar-refractivity contribution >= 4 is 17.7 Å². The van der Waals surface area contributed by atoms with E-state index in [-0.39, 0.29) is 22.9 Å². The van der Waals surface area contributed by atoms with Gasteiger partial charge in [-0.05, 0) is 31.5 Å². The summed E-state index contributed by atoms with van der Waals surface area (Å²) in [6.45, 7) is 3.09. The SMILES string of the molecule is CCOC(=O)c1cc(O)nn1-c1cc(SCC(F)(F)F)c(C)cc1F. The molecule has 1 aromatic heterocycles. The number of aromatic hydroxyl groups is 1. The zero-order chi connectivity index (χ0) is 18.8. The van der Waals surface area contributed by atoms with Crippen LogP contribution in [-0.2, 0) is 4.74 Å². The van der Waals surface area contributed by atoms with Crippen LogP contribution in [0.5, 0.6) is 5.88 Å². The van der Waals surface area contributed by atoms with E-state index in [0.717, 1.165) is 22.9 Å². The lowest BCUT2D eigenvalue weighted by molar-refractivity contribution is -0.105. The van der Waals surface area contributed by atoms with Gasteiger partial charge in [-0.2, -0.15) is 13.2 Å². The maximum atomic E-state index is 14.3. The fourth-order valence-electron chi connectivity index (χ4n) is 2.02. The average Bonchev–Trinajstić information content (AvgIpc) is 2.87. The van der Waals surface area contributed by atoms with Crippen LogP contribution in [0.4, 0.5) is 17.6 Å². The Hall–Kier alpha value is -2.23. The number of nitrogens with zero attached hydrogens (tertiary/aromatic N) is 2. The summed E-state index contributed by atoms with van der Waals surface area (Å²) in [5, 5.41) is 13.1. The molecular weight excluding hydrogens is 364 g/mol. The zero-order valence-corrected chi connectivity index (χ0v) is 14.0. The van der Waals surface area contributed by atoms with Gasteiger partial charge in [-0.3, -0.25) is 0 Å². The first-order valence-electron chi connectivity index (χ1n) is 7.08. The first-order valence-corrected chi connectivity index (χ1v) is 8.07. The molecule has 0 saturated heterocycles. The Bertz CT molecular complexity index is 790. The van der Waals surface area contributed by atoms with E-state index in [1.807, 2.05) is 0 Å². The van der Waals surface area contributed by atoms with E-state index in [2.05, 4.69) is 5.10 Å². The van der Waals surface area contributed by atoms with Crippen LogP contribution in [0.1, 0.15) is 23.0 Å². The molecule has 0 atom stereocenters. The Balaban J connectivity index is 2.47. The molecule has 2 aromatic rings. The third-order valence-electron chi connectivity index (χ3n) is 3.04. The Morgan fingerprint density at radius 1 is 1.36 bits per heavy atom. The molecule has 0 saturated carbocycles. The van der Waals surface area contributed by atoms with Crippen molar-refractivity contribution in [3.8, 4) is 11.6 Å². The number of carbonyl (C=O) groups excluding carboxylic acids is 1. The molecule has 1 N–H and O–H groups in total. The van der Waals surface area contributed by atoms with Crippen molar-refractivity contribution < 1.29 is 32.2 Å². The standard InChI is InChI=1S/C15H14F4N2O3S/c1-3-24-14(23)11-6-13(22)20-21(11)10-5-12(8(2)4-9(10)16)25-7-15(17,18)19/h4-6H,3,7H2,1-2H3,(H,20,22). The summed E-state index contributed by atoms with van der Waals surface area (Å²) in [5.41, 5.74) is -0.197. The Kier molecular flexibility index (Phi) is 5.61. The first-order chi connectivity index (χ1) is 11.6. The number of aryl methyl sites for hydroxylation is 1. The van der Waals surface area contributed by atoms with Crippen molar-refractivity contribution in [2.24, 2.45) is 0 Å². The Labute approximate surface area is 144 Å². The summed E-state index contributed by atoms with van der Waals surface area (Å²) in [5.74, 6) is -3.34. The molecule has 1 aromatic carbocycles. The number of rotatable bonds is 5. The number of alkyl halides is 3. The molecule has 0 radical (unpaired) electrons. The normalized spacial score (nSPS) is 11.6. The largest absolute Gasteiger partial charge is 0.492 e. The summed E-state index contributed by atoms with van der Waals surface area (Å²) < 4.78 is 57.2. The average molecular weight is 378 g/mol. The lowest BCUT2D eigenvalue weighted by atomic mass is 10.2. The smallest absolute Gasteiger partial charge is 0.398 e. The molecule has 1 heterocycles. The predicted octanol–water partition coefficient (Wildman–Crippen LogP) is 3.86. The van der Waals surface area contributed by atoms with Gasteiger partial charge in [-0.25, -0.2) is 13.9 Å². The van der Waals surface area contributed by atoms with Gasteiger partial charge in [-0.15, -0.1) is 16.9 Å². The maximum absolute atomic E-state index is 14.3. The van der Waals surface area contributed by atoms with Gasteiger partial charge in [0, 0.05) is 11.0 Å². The number of hydrogen-bond acceptors (Lipinski definition) is 5. The van der Waals surface area contributed by atoms with Gasteiger partial charge >= 0.3 is 12.1 Å². The van der Waals surface area contributed by atoms with E-state index in [4.69, 9.17) is 4.74 Å². The van der Waals surface area contributed by atoms with Crippen molar-refractivity contribution in [3.63, 3.8) is 0 Å². The highest BCUT2D eigenvalue weighted by atomic mass is 32.2. The minimum atomic E-state index is -4.38. The lowest BCUT2D eigenvalue weighted by Gasteiger charge is -2.13. The summed E-state index contributed by atoms with van der Waals surface area (Å²) in [6, 6.07) is 3.18. The molecule has 5 nitrogen and oxygen atoms in total. The van der Waals surface area contributed by atoms with Crippen molar-refractivity contribution in [2.45, 2.75) is 24.9 Å². The molecule has 2 rings (SSSR count). The van der Waals surface area contributed by atoms with Gasteiger partial charge in [0.15, 0.2) is 5.69 Å². The van der Waals surface area contributed by atoms with Crippen molar-refractivity contribution in [1.82, 2.24) is 9.78 Å². The summed E-state index contributed by atoms with van der Waals surface area (Å²) in [6.07, 6.45) is -4.38. The molecule has 0 aliphatic carbocycles. The second-order valence-electron chi connectivity index (χ2n) is 4.99. The number of ether oxygens (including phenoxy) is 1. The molecular formula is C15H14F4N2O3S. The zero-order valence-electron chi connectivity index (χ0n) is 13.2. The van der Waals surface area contributed by atoms with Gasteiger partial charge in [-0.1, -0.05) is 0 Å². The van der Waals surface area contributed by atoms with Crippen LogP contribution in [0.3, 0.4) is 0 Å². The number of aromatic nitrogens is 2. The third kappa shape index (κ3) is 4.65. The number of hydrogen-bond donors (Lipinski definition) is 1.